The highest BCUT2D eigenvalue weighted by atomic mass is 79.9. The molecular formula is C18H21BrFN. The molecule has 2 aromatic rings. The highest BCUT2D eigenvalue weighted by Gasteiger charge is 2.13. The van der Waals surface area contributed by atoms with Crippen LogP contribution in [0.1, 0.15) is 16.7 Å². The molecule has 2 aromatic carbocycles. The van der Waals surface area contributed by atoms with Gasteiger partial charge in [0.1, 0.15) is 5.82 Å². The maximum Gasteiger partial charge on any atom is 0.137 e. The van der Waals surface area contributed by atoms with Crippen LogP contribution >= 0.6 is 15.9 Å². The van der Waals surface area contributed by atoms with Crippen LogP contribution in [0.4, 0.5) is 4.39 Å². The first-order valence-corrected chi connectivity index (χ1v) is 8.02. The van der Waals surface area contributed by atoms with E-state index in [0.717, 1.165) is 24.9 Å². The smallest absolute Gasteiger partial charge is 0.137 e. The number of hydrogen-bond donors (Lipinski definition) is 1. The molecule has 0 radical (unpaired) electrons. The van der Waals surface area contributed by atoms with Gasteiger partial charge in [0.2, 0.25) is 0 Å². The first kappa shape index (κ1) is 16.2. The van der Waals surface area contributed by atoms with E-state index in [0.29, 0.717) is 10.4 Å². The Morgan fingerprint density at radius 2 is 1.81 bits per heavy atom. The number of hydrogen-bond acceptors (Lipinski definition) is 1. The second-order valence-corrected chi connectivity index (χ2v) is 6.32. The summed E-state index contributed by atoms with van der Waals surface area (Å²) >= 11 is 3.36. The molecule has 0 saturated heterocycles. The maximum absolute atomic E-state index is 13.6. The summed E-state index contributed by atoms with van der Waals surface area (Å²) in [4.78, 5) is 0. The van der Waals surface area contributed by atoms with Gasteiger partial charge in [0, 0.05) is 0 Å². The Bertz CT molecular complexity index is 580. The molecule has 1 unspecified atom stereocenters. The lowest BCUT2D eigenvalue weighted by Gasteiger charge is -2.18. The van der Waals surface area contributed by atoms with Gasteiger partial charge in [-0.1, -0.05) is 42.0 Å². The Morgan fingerprint density at radius 3 is 2.48 bits per heavy atom. The van der Waals surface area contributed by atoms with Gasteiger partial charge < -0.3 is 5.32 Å². The summed E-state index contributed by atoms with van der Waals surface area (Å²) < 4.78 is 14.2. The van der Waals surface area contributed by atoms with Crippen LogP contribution in [-0.4, -0.2) is 13.6 Å². The lowest BCUT2D eigenvalue weighted by atomic mass is 9.92. The molecule has 0 aromatic heterocycles. The summed E-state index contributed by atoms with van der Waals surface area (Å²) in [7, 11) is 1.96. The number of benzene rings is 2. The molecule has 1 nitrogen and oxygen atoms in total. The summed E-state index contributed by atoms with van der Waals surface area (Å²) in [6, 6.07) is 13.9. The Balaban J connectivity index is 2.11. The number of halogens is 2. The quantitative estimate of drug-likeness (QED) is 0.808. The van der Waals surface area contributed by atoms with Crippen molar-refractivity contribution in [2.24, 2.45) is 5.92 Å². The molecule has 0 heterocycles. The van der Waals surface area contributed by atoms with Crippen LogP contribution < -0.4 is 5.32 Å². The molecule has 0 bridgehead atoms. The molecule has 0 spiro atoms. The molecule has 0 saturated carbocycles. The van der Waals surface area contributed by atoms with E-state index in [-0.39, 0.29) is 5.82 Å². The molecule has 0 aliphatic heterocycles. The van der Waals surface area contributed by atoms with E-state index in [1.807, 2.05) is 13.1 Å². The maximum atomic E-state index is 13.6. The molecule has 1 N–H and O–H groups in total. The highest BCUT2D eigenvalue weighted by Crippen LogP contribution is 2.24. The van der Waals surface area contributed by atoms with Crippen molar-refractivity contribution in [1.82, 2.24) is 5.32 Å². The van der Waals surface area contributed by atoms with Crippen LogP contribution in [0.2, 0.25) is 0 Å². The molecule has 0 aliphatic rings. The molecule has 21 heavy (non-hydrogen) atoms. The summed E-state index contributed by atoms with van der Waals surface area (Å²) in [6.45, 7) is 3.01. The van der Waals surface area contributed by atoms with Gasteiger partial charge in [0.15, 0.2) is 0 Å². The summed E-state index contributed by atoms with van der Waals surface area (Å²) in [5.74, 6) is 0.252. The zero-order chi connectivity index (χ0) is 15.2. The van der Waals surface area contributed by atoms with Crippen LogP contribution in [0, 0.1) is 18.7 Å². The fourth-order valence-corrected chi connectivity index (χ4v) is 3.01. The van der Waals surface area contributed by atoms with E-state index < -0.39 is 0 Å². The van der Waals surface area contributed by atoms with E-state index in [9.17, 15) is 4.39 Å². The van der Waals surface area contributed by atoms with Gasteiger partial charge in [-0.2, -0.15) is 0 Å². The van der Waals surface area contributed by atoms with Gasteiger partial charge in [0.25, 0.3) is 0 Å². The second-order valence-electron chi connectivity index (χ2n) is 5.53. The van der Waals surface area contributed by atoms with Crippen molar-refractivity contribution in [3.8, 4) is 0 Å². The largest absolute Gasteiger partial charge is 0.319 e. The Hall–Kier alpha value is -1.19. The average molecular weight is 350 g/mol. The molecule has 0 aliphatic carbocycles. The SMILES string of the molecule is CNCC(Cc1ccc(C)cc1)Cc1cccc(F)c1Br. The minimum absolute atomic E-state index is 0.189. The zero-order valence-corrected chi connectivity index (χ0v) is 14.1. The molecule has 0 fully saturated rings. The van der Waals surface area contributed by atoms with Gasteiger partial charge in [0.05, 0.1) is 4.47 Å². The van der Waals surface area contributed by atoms with E-state index in [2.05, 4.69) is 52.4 Å². The highest BCUT2D eigenvalue weighted by molar-refractivity contribution is 9.10. The predicted octanol–water partition coefficient (Wildman–Crippen LogP) is 4.52. The average Bonchev–Trinajstić information content (AvgIpc) is 2.46. The first-order valence-electron chi connectivity index (χ1n) is 7.23. The van der Waals surface area contributed by atoms with Crippen molar-refractivity contribution in [2.75, 3.05) is 13.6 Å². The normalized spacial score (nSPS) is 12.4. The molecule has 3 heteroatoms. The zero-order valence-electron chi connectivity index (χ0n) is 12.5. The van der Waals surface area contributed by atoms with Crippen LogP contribution in [0.15, 0.2) is 46.9 Å². The number of aryl methyl sites for hydroxylation is 1. The van der Waals surface area contributed by atoms with E-state index in [1.54, 1.807) is 6.07 Å². The molecule has 0 amide bonds. The lowest BCUT2D eigenvalue weighted by Crippen LogP contribution is -2.23. The van der Waals surface area contributed by atoms with Crippen molar-refractivity contribution in [3.05, 3.63) is 69.4 Å². The fourth-order valence-electron chi connectivity index (χ4n) is 2.58. The monoisotopic (exact) mass is 349 g/mol. The van der Waals surface area contributed by atoms with E-state index in [4.69, 9.17) is 0 Å². The Morgan fingerprint density at radius 1 is 1.10 bits per heavy atom. The minimum atomic E-state index is -0.189. The molecule has 1 atom stereocenters. The molecular weight excluding hydrogens is 329 g/mol. The topological polar surface area (TPSA) is 12.0 Å². The molecule has 2 rings (SSSR count). The Labute approximate surface area is 134 Å². The van der Waals surface area contributed by atoms with Gasteiger partial charge in [-0.15, -0.1) is 0 Å². The molecule has 112 valence electrons. The summed E-state index contributed by atoms with van der Waals surface area (Å²) in [6.07, 6.45) is 1.84. The Kier molecular flexibility index (Phi) is 5.95. The second kappa shape index (κ2) is 7.71. The van der Waals surface area contributed by atoms with Crippen molar-refractivity contribution in [1.29, 1.82) is 0 Å². The van der Waals surface area contributed by atoms with Crippen molar-refractivity contribution in [3.63, 3.8) is 0 Å². The minimum Gasteiger partial charge on any atom is -0.319 e. The summed E-state index contributed by atoms with van der Waals surface area (Å²) in [5.41, 5.74) is 3.63. The third-order valence-electron chi connectivity index (χ3n) is 3.68. The third kappa shape index (κ3) is 4.65. The van der Waals surface area contributed by atoms with Gasteiger partial charge in [-0.3, -0.25) is 0 Å². The first-order chi connectivity index (χ1) is 10.1. The van der Waals surface area contributed by atoms with E-state index >= 15 is 0 Å². The van der Waals surface area contributed by atoms with Crippen molar-refractivity contribution in [2.45, 2.75) is 19.8 Å². The van der Waals surface area contributed by atoms with Crippen molar-refractivity contribution < 1.29 is 4.39 Å². The standard InChI is InChI=1S/C18H21BrFN/c1-13-6-8-14(9-7-13)10-15(12-21-2)11-16-4-3-5-17(20)18(16)19/h3-9,15,21H,10-12H2,1-2H3. The lowest BCUT2D eigenvalue weighted by molar-refractivity contribution is 0.490. The number of nitrogens with one attached hydrogen (secondary N) is 1. The van der Waals surface area contributed by atoms with E-state index in [1.165, 1.54) is 17.2 Å². The number of rotatable bonds is 6. The van der Waals surface area contributed by atoms with Crippen LogP contribution in [0.25, 0.3) is 0 Å². The van der Waals surface area contributed by atoms with Crippen molar-refractivity contribution >= 4 is 15.9 Å². The van der Waals surface area contributed by atoms with Crippen LogP contribution in [0.3, 0.4) is 0 Å². The predicted molar refractivity (Wildman–Crippen MR) is 90.1 cm³/mol. The van der Waals surface area contributed by atoms with Gasteiger partial charge >= 0.3 is 0 Å². The van der Waals surface area contributed by atoms with Gasteiger partial charge in [-0.25, -0.2) is 4.39 Å². The third-order valence-corrected chi connectivity index (χ3v) is 4.57. The van der Waals surface area contributed by atoms with Crippen LogP contribution in [-0.2, 0) is 12.8 Å². The van der Waals surface area contributed by atoms with Gasteiger partial charge in [-0.05, 0) is 72.4 Å². The summed E-state index contributed by atoms with van der Waals surface area (Å²) in [5, 5.41) is 3.24. The van der Waals surface area contributed by atoms with Crippen LogP contribution in [0.5, 0.6) is 0 Å². The fraction of sp³-hybridized carbons (Fsp3) is 0.333.